The summed E-state index contributed by atoms with van der Waals surface area (Å²) < 4.78 is 0. The van der Waals surface area contributed by atoms with Crippen LogP contribution in [-0.2, 0) is 4.79 Å². The second-order valence-corrected chi connectivity index (χ2v) is 7.97. The second kappa shape index (κ2) is 6.62. The molecule has 2 aromatic carbocycles. The van der Waals surface area contributed by atoms with Crippen molar-refractivity contribution in [3.63, 3.8) is 0 Å². The molecule has 4 rings (SSSR count). The van der Waals surface area contributed by atoms with Crippen molar-refractivity contribution in [1.29, 1.82) is 0 Å². The summed E-state index contributed by atoms with van der Waals surface area (Å²) in [5, 5.41) is 12.1. The highest BCUT2D eigenvalue weighted by Crippen LogP contribution is 2.40. The van der Waals surface area contributed by atoms with Gasteiger partial charge in [-0.05, 0) is 48.2 Å². The Balaban J connectivity index is 1.90. The van der Waals surface area contributed by atoms with Crippen molar-refractivity contribution in [2.24, 2.45) is 0 Å². The molecule has 0 radical (unpaired) electrons. The number of carboxylic acids is 1. The van der Waals surface area contributed by atoms with E-state index in [0.29, 0.717) is 0 Å². The first-order valence-corrected chi connectivity index (χ1v) is 9.49. The number of hydrogen-bond donors (Lipinski definition) is 1. The number of fused-ring (bicyclic) bond motifs is 1. The third-order valence-electron chi connectivity index (χ3n) is 5.06. The van der Waals surface area contributed by atoms with E-state index in [1.807, 2.05) is 6.07 Å². The molecule has 2 heterocycles. The summed E-state index contributed by atoms with van der Waals surface area (Å²) in [5.41, 5.74) is 1.20. The highest BCUT2D eigenvalue weighted by Gasteiger charge is 2.37. The van der Waals surface area contributed by atoms with Crippen LogP contribution in [0.1, 0.15) is 34.2 Å². The molecule has 0 bridgehead atoms. The Morgan fingerprint density at radius 1 is 1.16 bits per heavy atom. The van der Waals surface area contributed by atoms with Gasteiger partial charge in [-0.25, -0.2) is 0 Å². The molecular formula is C21H21NO2S. The second-order valence-electron chi connectivity index (χ2n) is 6.65. The van der Waals surface area contributed by atoms with Crippen LogP contribution in [0, 0.1) is 6.92 Å². The Kier molecular flexibility index (Phi) is 4.32. The molecule has 0 amide bonds. The fourth-order valence-corrected chi connectivity index (χ4v) is 4.97. The molecule has 0 aliphatic carbocycles. The van der Waals surface area contributed by atoms with E-state index in [0.717, 1.165) is 19.4 Å². The van der Waals surface area contributed by atoms with E-state index in [2.05, 4.69) is 60.4 Å². The number of hydrogen-bond acceptors (Lipinski definition) is 3. The average Bonchev–Trinajstić information content (AvgIpc) is 3.25. The molecule has 3 aromatic rings. The fraction of sp³-hybridized carbons (Fsp3) is 0.286. The van der Waals surface area contributed by atoms with E-state index in [1.165, 1.54) is 26.1 Å². The van der Waals surface area contributed by atoms with Crippen LogP contribution in [0.5, 0.6) is 0 Å². The van der Waals surface area contributed by atoms with Crippen molar-refractivity contribution >= 4 is 28.1 Å². The lowest BCUT2D eigenvalue weighted by Gasteiger charge is -2.31. The van der Waals surface area contributed by atoms with Crippen molar-refractivity contribution in [3.8, 4) is 0 Å². The molecule has 4 heteroatoms. The molecule has 1 aliphatic heterocycles. The van der Waals surface area contributed by atoms with Gasteiger partial charge < -0.3 is 5.11 Å². The summed E-state index contributed by atoms with van der Waals surface area (Å²) in [6.07, 6.45) is 1.66. The maximum absolute atomic E-state index is 11.8. The van der Waals surface area contributed by atoms with Gasteiger partial charge >= 0.3 is 5.97 Å². The molecule has 0 saturated carbocycles. The third kappa shape index (κ3) is 2.96. The Bertz CT molecular complexity index is 912. The lowest BCUT2D eigenvalue weighted by Crippen LogP contribution is -2.39. The first-order chi connectivity index (χ1) is 12.1. The number of carboxylic acid groups (broad SMARTS) is 1. The number of benzene rings is 2. The molecule has 1 aromatic heterocycles. The van der Waals surface area contributed by atoms with E-state index < -0.39 is 12.0 Å². The summed E-state index contributed by atoms with van der Waals surface area (Å²) in [7, 11) is 0. The van der Waals surface area contributed by atoms with Gasteiger partial charge in [-0.2, -0.15) is 0 Å². The maximum atomic E-state index is 11.8. The molecule has 1 aliphatic rings. The predicted molar refractivity (Wildman–Crippen MR) is 102 cm³/mol. The quantitative estimate of drug-likeness (QED) is 0.730. The van der Waals surface area contributed by atoms with Gasteiger partial charge in [-0.3, -0.25) is 9.69 Å². The normalized spacial score (nSPS) is 19.3. The minimum Gasteiger partial charge on any atom is -0.480 e. The topological polar surface area (TPSA) is 40.5 Å². The van der Waals surface area contributed by atoms with E-state index >= 15 is 0 Å². The molecule has 1 fully saturated rings. The molecular weight excluding hydrogens is 330 g/mol. The highest BCUT2D eigenvalue weighted by atomic mass is 32.1. The smallest absolute Gasteiger partial charge is 0.320 e. The lowest BCUT2D eigenvalue weighted by molar-refractivity contribution is -0.142. The minimum atomic E-state index is -0.712. The van der Waals surface area contributed by atoms with E-state index in [9.17, 15) is 9.90 Å². The number of likely N-dealkylation sites (tertiary alicyclic amines) is 1. The molecule has 1 saturated heterocycles. The van der Waals surface area contributed by atoms with E-state index in [-0.39, 0.29) is 6.04 Å². The Labute approximate surface area is 151 Å². The minimum absolute atomic E-state index is 0.00611. The van der Waals surface area contributed by atoms with Gasteiger partial charge in [0.25, 0.3) is 0 Å². The van der Waals surface area contributed by atoms with Crippen LogP contribution in [0.4, 0.5) is 0 Å². The molecule has 3 nitrogen and oxygen atoms in total. The van der Waals surface area contributed by atoms with Gasteiger partial charge in [0, 0.05) is 16.3 Å². The predicted octanol–water partition coefficient (Wildman–Crippen LogP) is 4.85. The zero-order chi connectivity index (χ0) is 17.4. The SMILES string of the molecule is Cc1ccc(C(c2cccc3ccccc23)N2CCCC2C(=O)O)s1. The largest absolute Gasteiger partial charge is 0.480 e. The number of aliphatic carboxylic acids is 1. The lowest BCUT2D eigenvalue weighted by atomic mass is 9.96. The van der Waals surface area contributed by atoms with Crippen molar-refractivity contribution in [3.05, 3.63) is 69.9 Å². The number of thiophene rings is 1. The van der Waals surface area contributed by atoms with Gasteiger partial charge in [-0.15, -0.1) is 11.3 Å². The van der Waals surface area contributed by atoms with Gasteiger partial charge in [0.05, 0.1) is 6.04 Å². The van der Waals surface area contributed by atoms with Crippen molar-refractivity contribution in [2.45, 2.75) is 31.8 Å². The molecule has 2 unspecified atom stereocenters. The Hall–Kier alpha value is -2.17. The van der Waals surface area contributed by atoms with Crippen LogP contribution in [-0.4, -0.2) is 28.6 Å². The number of rotatable bonds is 4. The van der Waals surface area contributed by atoms with Crippen LogP contribution in [0.3, 0.4) is 0 Å². The first kappa shape index (κ1) is 16.3. The summed E-state index contributed by atoms with van der Waals surface area (Å²) in [6, 6.07) is 18.6. The van der Waals surface area contributed by atoms with Gasteiger partial charge in [-0.1, -0.05) is 42.5 Å². The Morgan fingerprint density at radius 2 is 1.96 bits per heavy atom. The maximum Gasteiger partial charge on any atom is 0.320 e. The van der Waals surface area contributed by atoms with Gasteiger partial charge in [0.1, 0.15) is 6.04 Å². The zero-order valence-corrected chi connectivity index (χ0v) is 15.0. The monoisotopic (exact) mass is 351 g/mol. The van der Waals surface area contributed by atoms with E-state index in [1.54, 1.807) is 11.3 Å². The summed E-state index contributed by atoms with van der Waals surface area (Å²) in [4.78, 5) is 16.5. The van der Waals surface area contributed by atoms with Crippen LogP contribution >= 0.6 is 11.3 Å². The van der Waals surface area contributed by atoms with Crippen LogP contribution in [0.15, 0.2) is 54.6 Å². The molecule has 25 heavy (non-hydrogen) atoms. The van der Waals surface area contributed by atoms with Gasteiger partial charge in [0.15, 0.2) is 0 Å². The van der Waals surface area contributed by atoms with E-state index in [4.69, 9.17) is 0 Å². The van der Waals surface area contributed by atoms with Crippen molar-refractivity contribution in [1.82, 2.24) is 4.90 Å². The Morgan fingerprint density at radius 3 is 2.72 bits per heavy atom. The number of carbonyl (C=O) groups is 1. The summed E-state index contributed by atoms with van der Waals surface area (Å²) >= 11 is 1.77. The molecule has 128 valence electrons. The van der Waals surface area contributed by atoms with Gasteiger partial charge in [0.2, 0.25) is 0 Å². The number of nitrogens with zero attached hydrogens (tertiary/aromatic N) is 1. The summed E-state index contributed by atoms with van der Waals surface area (Å²) in [6.45, 7) is 2.93. The van der Waals surface area contributed by atoms with Crippen molar-refractivity contribution in [2.75, 3.05) is 6.54 Å². The standard InChI is InChI=1S/C21H21NO2S/c1-14-11-12-19(25-14)20(22-13-5-10-18(22)21(23)24)17-9-4-7-15-6-2-3-8-16(15)17/h2-4,6-9,11-12,18,20H,5,10,13H2,1H3,(H,23,24). The highest BCUT2D eigenvalue weighted by molar-refractivity contribution is 7.12. The van der Waals surface area contributed by atoms with Crippen LogP contribution < -0.4 is 0 Å². The van der Waals surface area contributed by atoms with Crippen molar-refractivity contribution < 1.29 is 9.90 Å². The molecule has 0 spiro atoms. The van der Waals surface area contributed by atoms with Crippen LogP contribution in [0.2, 0.25) is 0 Å². The van der Waals surface area contributed by atoms with Crippen LogP contribution in [0.25, 0.3) is 10.8 Å². The molecule has 2 atom stereocenters. The fourth-order valence-electron chi connectivity index (χ4n) is 3.95. The molecule has 1 N–H and O–H groups in total. The zero-order valence-electron chi connectivity index (χ0n) is 14.2. The number of aryl methyl sites for hydroxylation is 1. The third-order valence-corrected chi connectivity index (χ3v) is 6.11. The average molecular weight is 351 g/mol. The summed E-state index contributed by atoms with van der Waals surface area (Å²) in [5.74, 6) is -0.712. The first-order valence-electron chi connectivity index (χ1n) is 8.67.